The van der Waals surface area contributed by atoms with Crippen molar-refractivity contribution in [3.05, 3.63) is 53.2 Å². The van der Waals surface area contributed by atoms with Gasteiger partial charge in [-0.25, -0.2) is 9.97 Å². The van der Waals surface area contributed by atoms with E-state index in [-0.39, 0.29) is 18.6 Å². The summed E-state index contributed by atoms with van der Waals surface area (Å²) >= 11 is 0. The van der Waals surface area contributed by atoms with E-state index in [2.05, 4.69) is 31.6 Å². The zero-order valence-corrected chi connectivity index (χ0v) is 15.8. The number of nitriles is 1. The van der Waals surface area contributed by atoms with Crippen LogP contribution < -0.4 is 5.32 Å². The quantitative estimate of drug-likeness (QED) is 0.629. The zero-order valence-electron chi connectivity index (χ0n) is 15.8. The van der Waals surface area contributed by atoms with Crippen molar-refractivity contribution in [1.82, 2.24) is 20.2 Å². The Morgan fingerprint density at radius 2 is 2.07 bits per heavy atom. The first-order valence-electron chi connectivity index (χ1n) is 9.17. The lowest BCUT2D eigenvalue weighted by molar-refractivity contribution is -0.140. The molecule has 3 aromatic rings. The van der Waals surface area contributed by atoms with Crippen LogP contribution in [-0.2, 0) is 28.8 Å². The highest BCUT2D eigenvalue weighted by Crippen LogP contribution is 2.25. The van der Waals surface area contributed by atoms with Gasteiger partial charge in [0.1, 0.15) is 6.61 Å². The first-order chi connectivity index (χ1) is 14.1. The number of esters is 1. The molecule has 1 aromatic carbocycles. The summed E-state index contributed by atoms with van der Waals surface area (Å²) in [7, 11) is 0. The van der Waals surface area contributed by atoms with Crippen LogP contribution in [0.2, 0.25) is 0 Å². The average Bonchev–Trinajstić information content (AvgIpc) is 3.34. The third-order valence-corrected chi connectivity index (χ3v) is 4.59. The number of nitrogens with zero attached hydrogens (tertiary/aromatic N) is 5. The highest BCUT2D eigenvalue weighted by molar-refractivity contribution is 5.65. The zero-order chi connectivity index (χ0) is 20.2. The first kappa shape index (κ1) is 18.6. The molecule has 0 bridgehead atoms. The molecule has 9 nitrogen and oxygen atoms in total. The maximum absolute atomic E-state index is 10.8. The van der Waals surface area contributed by atoms with E-state index in [0.29, 0.717) is 35.3 Å². The number of fused-ring (bicyclic) bond motifs is 1. The number of hydrogen-bond donors (Lipinski definition) is 1. The van der Waals surface area contributed by atoms with Crippen molar-refractivity contribution < 1.29 is 13.9 Å². The first-order valence-corrected chi connectivity index (χ1v) is 9.17. The second kappa shape index (κ2) is 8.06. The minimum atomic E-state index is -0.350. The lowest BCUT2D eigenvalue weighted by Crippen LogP contribution is -2.20. The van der Waals surface area contributed by atoms with Crippen molar-refractivity contribution in [2.45, 2.75) is 32.2 Å². The van der Waals surface area contributed by atoms with Crippen LogP contribution in [0, 0.1) is 11.3 Å². The number of benzene rings is 1. The molecule has 9 heteroatoms. The highest BCUT2D eigenvalue weighted by Gasteiger charge is 2.22. The standard InChI is InChI=1S/C20H18N6O3/c1-12(27)28-5-4-18-25-26-19(29-18)16-10-22-20(23-11-16)24-17-7-14-3-2-13(9-21)6-15(14)8-17/h2-3,6,10-11,17H,4-5,7-8H2,1H3,(H,22,23,24). The van der Waals surface area contributed by atoms with Crippen molar-refractivity contribution in [3.63, 3.8) is 0 Å². The number of carbonyl (C=O) groups is 1. The van der Waals surface area contributed by atoms with E-state index in [9.17, 15) is 4.79 Å². The van der Waals surface area contributed by atoms with Gasteiger partial charge in [-0.15, -0.1) is 10.2 Å². The molecule has 2 aromatic heterocycles. The second-order valence-corrected chi connectivity index (χ2v) is 6.73. The SMILES string of the molecule is CC(=O)OCCc1nnc(-c2cnc(NC3Cc4ccc(C#N)cc4C3)nc2)o1. The van der Waals surface area contributed by atoms with Crippen molar-refractivity contribution >= 4 is 11.9 Å². The summed E-state index contributed by atoms with van der Waals surface area (Å²) in [5, 5.41) is 20.3. The lowest BCUT2D eigenvalue weighted by atomic mass is 10.1. The number of nitrogens with one attached hydrogen (secondary N) is 1. The summed E-state index contributed by atoms with van der Waals surface area (Å²) in [6, 6.07) is 8.15. The molecule has 4 rings (SSSR count). The van der Waals surface area contributed by atoms with Crippen LogP contribution in [0.4, 0.5) is 5.95 Å². The molecule has 146 valence electrons. The van der Waals surface area contributed by atoms with Crippen LogP contribution in [0.5, 0.6) is 0 Å². The molecule has 0 radical (unpaired) electrons. The van der Waals surface area contributed by atoms with Gasteiger partial charge in [0, 0.05) is 25.4 Å². The van der Waals surface area contributed by atoms with E-state index < -0.39 is 0 Å². The Morgan fingerprint density at radius 1 is 1.28 bits per heavy atom. The molecule has 0 saturated heterocycles. The normalized spacial score (nSPS) is 14.8. The van der Waals surface area contributed by atoms with Gasteiger partial charge in [-0.3, -0.25) is 4.79 Å². The molecule has 1 atom stereocenters. The molecule has 1 aliphatic carbocycles. The van der Waals surface area contributed by atoms with Crippen LogP contribution >= 0.6 is 0 Å². The molecule has 0 amide bonds. The maximum atomic E-state index is 10.8. The fraction of sp³-hybridized carbons (Fsp3) is 0.300. The van der Waals surface area contributed by atoms with Gasteiger partial charge in [0.15, 0.2) is 0 Å². The van der Waals surface area contributed by atoms with E-state index >= 15 is 0 Å². The molecule has 29 heavy (non-hydrogen) atoms. The average molecular weight is 390 g/mol. The Morgan fingerprint density at radius 3 is 2.83 bits per heavy atom. The molecule has 1 aliphatic rings. The molecule has 0 saturated carbocycles. The van der Waals surface area contributed by atoms with Crippen LogP contribution in [0.25, 0.3) is 11.5 Å². The molecule has 0 fully saturated rings. The Hall–Kier alpha value is -3.80. The van der Waals surface area contributed by atoms with Gasteiger partial charge in [0.25, 0.3) is 5.89 Å². The van der Waals surface area contributed by atoms with Gasteiger partial charge in [-0.1, -0.05) is 6.07 Å². The fourth-order valence-electron chi connectivity index (χ4n) is 3.24. The third kappa shape index (κ3) is 4.38. The molecule has 1 N–H and O–H groups in total. The van der Waals surface area contributed by atoms with Gasteiger partial charge < -0.3 is 14.5 Å². The number of hydrogen-bond acceptors (Lipinski definition) is 9. The fourth-order valence-corrected chi connectivity index (χ4v) is 3.24. The summed E-state index contributed by atoms with van der Waals surface area (Å²) in [6.45, 7) is 1.54. The summed E-state index contributed by atoms with van der Waals surface area (Å²) in [4.78, 5) is 19.5. The number of aromatic nitrogens is 4. The molecule has 0 aliphatic heterocycles. The number of carbonyl (C=O) groups excluding carboxylic acids is 1. The van der Waals surface area contributed by atoms with Gasteiger partial charge in [-0.05, 0) is 36.1 Å². The van der Waals surface area contributed by atoms with Gasteiger partial charge in [0.2, 0.25) is 11.8 Å². The van der Waals surface area contributed by atoms with Crippen LogP contribution in [-0.4, -0.2) is 38.8 Å². The predicted octanol–water partition coefficient (Wildman–Crippen LogP) is 2.08. The summed E-state index contributed by atoms with van der Waals surface area (Å²) in [5.74, 6) is 0.856. The summed E-state index contributed by atoms with van der Waals surface area (Å²) < 4.78 is 10.4. The molecule has 0 spiro atoms. The van der Waals surface area contributed by atoms with E-state index in [1.807, 2.05) is 18.2 Å². The predicted molar refractivity (Wildman–Crippen MR) is 102 cm³/mol. The van der Waals surface area contributed by atoms with Gasteiger partial charge in [-0.2, -0.15) is 5.26 Å². The van der Waals surface area contributed by atoms with Crippen molar-refractivity contribution in [2.24, 2.45) is 0 Å². The smallest absolute Gasteiger partial charge is 0.302 e. The van der Waals surface area contributed by atoms with Crippen LogP contribution in [0.15, 0.2) is 35.0 Å². The number of ether oxygens (including phenoxy) is 1. The van der Waals surface area contributed by atoms with Crippen LogP contribution in [0.1, 0.15) is 29.5 Å². The summed E-state index contributed by atoms with van der Waals surface area (Å²) in [6.07, 6.45) is 5.28. The van der Waals surface area contributed by atoms with E-state index in [1.165, 1.54) is 18.1 Å². The Kier molecular flexibility index (Phi) is 5.16. The van der Waals surface area contributed by atoms with E-state index in [0.717, 1.165) is 12.8 Å². The topological polar surface area (TPSA) is 127 Å². The van der Waals surface area contributed by atoms with Crippen LogP contribution in [0.3, 0.4) is 0 Å². The lowest BCUT2D eigenvalue weighted by Gasteiger charge is -2.11. The van der Waals surface area contributed by atoms with E-state index in [1.54, 1.807) is 12.4 Å². The van der Waals surface area contributed by atoms with E-state index in [4.69, 9.17) is 14.4 Å². The largest absolute Gasteiger partial charge is 0.465 e. The Labute approximate surface area is 166 Å². The van der Waals surface area contributed by atoms with Crippen molar-refractivity contribution in [3.8, 4) is 17.5 Å². The van der Waals surface area contributed by atoms with Gasteiger partial charge >= 0.3 is 5.97 Å². The minimum absolute atomic E-state index is 0.182. The number of anilines is 1. The summed E-state index contributed by atoms with van der Waals surface area (Å²) in [5.41, 5.74) is 3.71. The number of rotatable bonds is 6. The Balaban J connectivity index is 1.36. The molecular formula is C20H18N6O3. The molecular weight excluding hydrogens is 372 g/mol. The second-order valence-electron chi connectivity index (χ2n) is 6.73. The van der Waals surface area contributed by atoms with Gasteiger partial charge in [0.05, 0.1) is 23.6 Å². The molecule has 1 unspecified atom stereocenters. The monoisotopic (exact) mass is 390 g/mol. The third-order valence-electron chi connectivity index (χ3n) is 4.59. The van der Waals surface area contributed by atoms with Crippen molar-refractivity contribution in [2.75, 3.05) is 11.9 Å². The minimum Gasteiger partial charge on any atom is -0.465 e. The van der Waals surface area contributed by atoms with Crippen molar-refractivity contribution in [1.29, 1.82) is 5.26 Å². The highest BCUT2D eigenvalue weighted by atomic mass is 16.5. The maximum Gasteiger partial charge on any atom is 0.302 e. The Bertz CT molecular complexity index is 1070. The molecule has 2 heterocycles.